The number of hydrogen-bond acceptors (Lipinski definition) is 6. The number of anilines is 2. The van der Waals surface area contributed by atoms with Crippen LogP contribution in [-0.2, 0) is 6.54 Å². The van der Waals surface area contributed by atoms with Crippen LogP contribution in [0, 0.1) is 0 Å². The Kier molecular flexibility index (Phi) is 5.84. The molecule has 0 aliphatic carbocycles. The van der Waals surface area contributed by atoms with Crippen LogP contribution in [0.1, 0.15) is 16.1 Å². The Labute approximate surface area is 157 Å². The molecule has 0 aliphatic rings. The maximum absolute atomic E-state index is 12.5. The Balaban J connectivity index is 1.70. The summed E-state index contributed by atoms with van der Waals surface area (Å²) in [6.45, 7) is 0.474. The molecule has 2 aromatic carbocycles. The number of nitrogens with one attached hydrogen (secondary N) is 2. The van der Waals surface area contributed by atoms with Gasteiger partial charge in [0.15, 0.2) is 0 Å². The smallest absolute Gasteiger partial charge is 0.274 e. The number of aromatic nitrogens is 2. The molecule has 3 aromatic rings. The zero-order valence-corrected chi connectivity index (χ0v) is 15.1. The standard InChI is InChI=1S/C20H20N4O3/c1-26-17-9-5-3-7-14(17)13-22-20-21-12-11-16(24-20)19(25)23-15-8-4-6-10-18(15)27-2/h3-12H,13H2,1-2H3,(H,23,25)(H,21,22,24). The van der Waals surface area contributed by atoms with Crippen molar-refractivity contribution in [2.24, 2.45) is 0 Å². The molecule has 2 N–H and O–H groups in total. The van der Waals surface area contributed by atoms with Crippen LogP contribution < -0.4 is 20.1 Å². The number of amides is 1. The number of hydrogen-bond donors (Lipinski definition) is 2. The summed E-state index contributed by atoms with van der Waals surface area (Å²) in [6.07, 6.45) is 1.54. The van der Waals surface area contributed by atoms with E-state index in [1.165, 1.54) is 6.20 Å². The summed E-state index contributed by atoms with van der Waals surface area (Å²) < 4.78 is 10.6. The minimum absolute atomic E-state index is 0.249. The van der Waals surface area contributed by atoms with Crippen LogP contribution in [0.5, 0.6) is 11.5 Å². The Morgan fingerprint density at radius 2 is 1.67 bits per heavy atom. The first-order valence-electron chi connectivity index (χ1n) is 8.34. The number of ether oxygens (including phenoxy) is 2. The normalized spacial score (nSPS) is 10.1. The highest BCUT2D eigenvalue weighted by molar-refractivity contribution is 6.03. The topological polar surface area (TPSA) is 85.4 Å². The molecule has 0 saturated heterocycles. The van der Waals surface area contributed by atoms with Gasteiger partial charge in [0.1, 0.15) is 17.2 Å². The molecule has 27 heavy (non-hydrogen) atoms. The minimum atomic E-state index is -0.345. The van der Waals surface area contributed by atoms with E-state index in [0.29, 0.717) is 23.9 Å². The van der Waals surface area contributed by atoms with Crippen molar-refractivity contribution in [1.82, 2.24) is 9.97 Å². The van der Waals surface area contributed by atoms with E-state index >= 15 is 0 Å². The van der Waals surface area contributed by atoms with Crippen molar-refractivity contribution in [3.8, 4) is 11.5 Å². The molecule has 1 amide bonds. The van der Waals surface area contributed by atoms with Gasteiger partial charge in [-0.25, -0.2) is 9.97 Å². The van der Waals surface area contributed by atoms with Gasteiger partial charge in [0.25, 0.3) is 5.91 Å². The minimum Gasteiger partial charge on any atom is -0.496 e. The largest absolute Gasteiger partial charge is 0.496 e. The van der Waals surface area contributed by atoms with Gasteiger partial charge in [-0.05, 0) is 24.3 Å². The van der Waals surface area contributed by atoms with Crippen molar-refractivity contribution in [2.75, 3.05) is 24.9 Å². The highest BCUT2D eigenvalue weighted by Crippen LogP contribution is 2.23. The van der Waals surface area contributed by atoms with E-state index < -0.39 is 0 Å². The summed E-state index contributed by atoms with van der Waals surface area (Å²) in [5, 5.41) is 5.91. The lowest BCUT2D eigenvalue weighted by molar-refractivity contribution is 0.102. The molecule has 1 heterocycles. The predicted molar refractivity (Wildman–Crippen MR) is 103 cm³/mol. The third-order valence-corrected chi connectivity index (χ3v) is 3.87. The monoisotopic (exact) mass is 364 g/mol. The van der Waals surface area contributed by atoms with Gasteiger partial charge >= 0.3 is 0 Å². The summed E-state index contributed by atoms with van der Waals surface area (Å²) in [7, 11) is 3.17. The van der Waals surface area contributed by atoms with E-state index in [0.717, 1.165) is 11.3 Å². The van der Waals surface area contributed by atoms with Crippen LogP contribution in [0.3, 0.4) is 0 Å². The van der Waals surface area contributed by atoms with Gasteiger partial charge < -0.3 is 20.1 Å². The fourth-order valence-electron chi connectivity index (χ4n) is 2.53. The molecular weight excluding hydrogens is 344 g/mol. The maximum Gasteiger partial charge on any atom is 0.274 e. The van der Waals surface area contributed by atoms with E-state index in [1.807, 2.05) is 36.4 Å². The van der Waals surface area contributed by atoms with Gasteiger partial charge in [-0.15, -0.1) is 0 Å². The number of benzene rings is 2. The van der Waals surface area contributed by atoms with Crippen molar-refractivity contribution >= 4 is 17.5 Å². The molecule has 0 fully saturated rings. The number of rotatable bonds is 7. The average Bonchev–Trinajstić information content (AvgIpc) is 2.73. The maximum atomic E-state index is 12.5. The zero-order valence-electron chi connectivity index (χ0n) is 15.1. The van der Waals surface area contributed by atoms with Gasteiger partial charge in [-0.3, -0.25) is 4.79 Å². The Bertz CT molecular complexity index is 930. The summed E-state index contributed by atoms with van der Waals surface area (Å²) in [5.41, 5.74) is 1.79. The zero-order chi connectivity index (χ0) is 19.1. The van der Waals surface area contributed by atoms with Crippen molar-refractivity contribution in [3.63, 3.8) is 0 Å². The van der Waals surface area contributed by atoms with Crippen molar-refractivity contribution in [1.29, 1.82) is 0 Å². The number of nitrogens with zero attached hydrogens (tertiary/aromatic N) is 2. The lowest BCUT2D eigenvalue weighted by Crippen LogP contribution is -2.16. The molecule has 138 valence electrons. The number of carbonyl (C=O) groups is 1. The fourth-order valence-corrected chi connectivity index (χ4v) is 2.53. The molecule has 0 aliphatic heterocycles. The van der Waals surface area contributed by atoms with Crippen molar-refractivity contribution in [3.05, 3.63) is 72.1 Å². The molecule has 7 heteroatoms. The highest BCUT2D eigenvalue weighted by Gasteiger charge is 2.12. The van der Waals surface area contributed by atoms with Crippen LogP contribution in [-0.4, -0.2) is 30.1 Å². The van der Waals surface area contributed by atoms with Gasteiger partial charge in [-0.1, -0.05) is 30.3 Å². The van der Waals surface area contributed by atoms with E-state index in [4.69, 9.17) is 9.47 Å². The number of carbonyl (C=O) groups excluding carboxylic acids is 1. The van der Waals surface area contributed by atoms with E-state index in [-0.39, 0.29) is 11.6 Å². The Hall–Kier alpha value is -3.61. The molecule has 3 rings (SSSR count). The third-order valence-electron chi connectivity index (χ3n) is 3.87. The highest BCUT2D eigenvalue weighted by atomic mass is 16.5. The van der Waals surface area contributed by atoms with Crippen LogP contribution >= 0.6 is 0 Å². The molecule has 7 nitrogen and oxygen atoms in total. The van der Waals surface area contributed by atoms with E-state index in [9.17, 15) is 4.79 Å². The lowest BCUT2D eigenvalue weighted by Gasteiger charge is -2.11. The lowest BCUT2D eigenvalue weighted by atomic mass is 10.2. The SMILES string of the molecule is COc1ccccc1CNc1nccc(C(=O)Nc2ccccc2OC)n1. The van der Waals surface area contributed by atoms with Gasteiger partial charge in [0.05, 0.1) is 19.9 Å². The quantitative estimate of drug-likeness (QED) is 0.669. The predicted octanol–water partition coefficient (Wildman–Crippen LogP) is 3.36. The average molecular weight is 364 g/mol. The summed E-state index contributed by atoms with van der Waals surface area (Å²) in [5.74, 6) is 1.36. The second-order valence-corrected chi connectivity index (χ2v) is 5.59. The number of methoxy groups -OCH3 is 2. The molecule has 0 unspecified atom stereocenters. The molecule has 0 bridgehead atoms. The second kappa shape index (κ2) is 8.66. The van der Waals surface area contributed by atoms with E-state index in [2.05, 4.69) is 20.6 Å². The summed E-state index contributed by atoms with van der Waals surface area (Å²) in [6, 6.07) is 16.4. The van der Waals surface area contributed by atoms with Crippen molar-refractivity contribution in [2.45, 2.75) is 6.54 Å². The first-order chi connectivity index (χ1) is 13.2. The van der Waals surface area contributed by atoms with Gasteiger partial charge in [0.2, 0.25) is 5.95 Å². The Morgan fingerprint density at radius 3 is 2.44 bits per heavy atom. The van der Waals surface area contributed by atoms with Crippen LogP contribution in [0.4, 0.5) is 11.6 Å². The molecule has 1 aromatic heterocycles. The number of para-hydroxylation sites is 3. The molecule has 0 saturated carbocycles. The Morgan fingerprint density at radius 1 is 0.963 bits per heavy atom. The van der Waals surface area contributed by atoms with Gasteiger partial charge in [-0.2, -0.15) is 0 Å². The summed E-state index contributed by atoms with van der Waals surface area (Å²) in [4.78, 5) is 20.9. The molecule has 0 atom stereocenters. The van der Waals surface area contributed by atoms with Gasteiger partial charge in [0, 0.05) is 18.3 Å². The van der Waals surface area contributed by atoms with Crippen LogP contribution in [0.25, 0.3) is 0 Å². The summed E-state index contributed by atoms with van der Waals surface area (Å²) >= 11 is 0. The molecule has 0 spiro atoms. The third kappa shape index (κ3) is 4.52. The van der Waals surface area contributed by atoms with Crippen LogP contribution in [0.2, 0.25) is 0 Å². The molecule has 0 radical (unpaired) electrons. The second-order valence-electron chi connectivity index (χ2n) is 5.59. The van der Waals surface area contributed by atoms with E-state index in [1.54, 1.807) is 32.4 Å². The fraction of sp³-hybridized carbons (Fsp3) is 0.150. The first kappa shape index (κ1) is 18.2. The van der Waals surface area contributed by atoms with Crippen LogP contribution in [0.15, 0.2) is 60.8 Å². The molecular formula is C20H20N4O3. The van der Waals surface area contributed by atoms with Crippen molar-refractivity contribution < 1.29 is 14.3 Å². The first-order valence-corrected chi connectivity index (χ1v) is 8.34.